The Morgan fingerprint density at radius 1 is 1.30 bits per heavy atom. The highest BCUT2D eigenvalue weighted by Gasteiger charge is 2.42. The Labute approximate surface area is 151 Å². The number of nitrogens with one attached hydrogen (secondary N) is 2. The number of oxazole rings is 1. The van der Waals surface area contributed by atoms with Crippen molar-refractivity contribution in [2.24, 2.45) is 0 Å². The van der Waals surface area contributed by atoms with Crippen LogP contribution >= 0.6 is 0 Å². The topological polar surface area (TPSA) is 85.0 Å². The van der Waals surface area contributed by atoms with Crippen molar-refractivity contribution in [3.8, 4) is 0 Å². The highest BCUT2D eigenvalue weighted by Crippen LogP contribution is 2.33. The van der Waals surface area contributed by atoms with Gasteiger partial charge >= 0.3 is 12.1 Å². The quantitative estimate of drug-likeness (QED) is 0.731. The fourth-order valence-corrected chi connectivity index (χ4v) is 3.30. The van der Waals surface area contributed by atoms with E-state index in [4.69, 9.17) is 4.42 Å². The van der Waals surface area contributed by atoms with Crippen LogP contribution in [0.2, 0.25) is 0 Å². The maximum Gasteiger partial charge on any atom is 0.468 e. The SMILES string of the molecule is O=C(Nc1ccc2oc(C(F)(F)F)nc2c1)C1(n2cccn2)CCNCC1. The Balaban J connectivity index is 1.63. The molecule has 2 aromatic heterocycles. The molecule has 10 heteroatoms. The number of halogens is 3. The molecule has 27 heavy (non-hydrogen) atoms. The first-order chi connectivity index (χ1) is 12.9. The molecule has 0 radical (unpaired) electrons. The molecule has 3 aromatic rings. The summed E-state index contributed by atoms with van der Waals surface area (Å²) in [5, 5.41) is 10.2. The smallest absolute Gasteiger partial charge is 0.433 e. The van der Waals surface area contributed by atoms with E-state index >= 15 is 0 Å². The number of alkyl halides is 3. The normalized spacial score (nSPS) is 17.1. The van der Waals surface area contributed by atoms with E-state index in [0.29, 0.717) is 31.6 Å². The summed E-state index contributed by atoms with van der Waals surface area (Å²) in [6, 6.07) is 5.96. The molecule has 0 atom stereocenters. The molecule has 0 saturated carbocycles. The number of amides is 1. The van der Waals surface area contributed by atoms with E-state index in [1.807, 2.05) is 0 Å². The van der Waals surface area contributed by atoms with Crippen molar-refractivity contribution in [3.63, 3.8) is 0 Å². The highest BCUT2D eigenvalue weighted by molar-refractivity contribution is 5.98. The lowest BCUT2D eigenvalue weighted by atomic mass is 9.87. The molecule has 1 aliphatic heterocycles. The molecule has 0 unspecified atom stereocenters. The van der Waals surface area contributed by atoms with E-state index in [-0.39, 0.29) is 17.0 Å². The lowest BCUT2D eigenvalue weighted by Gasteiger charge is -2.36. The van der Waals surface area contributed by atoms with E-state index in [1.165, 1.54) is 18.2 Å². The van der Waals surface area contributed by atoms with Crippen LogP contribution in [-0.2, 0) is 16.5 Å². The Morgan fingerprint density at radius 3 is 2.74 bits per heavy atom. The van der Waals surface area contributed by atoms with Crippen molar-refractivity contribution in [1.29, 1.82) is 0 Å². The van der Waals surface area contributed by atoms with Gasteiger partial charge < -0.3 is 15.1 Å². The summed E-state index contributed by atoms with van der Waals surface area (Å²) >= 11 is 0. The van der Waals surface area contributed by atoms with Crippen LogP contribution in [0.3, 0.4) is 0 Å². The first-order valence-corrected chi connectivity index (χ1v) is 8.39. The van der Waals surface area contributed by atoms with Crippen molar-refractivity contribution >= 4 is 22.7 Å². The maximum atomic E-state index is 13.1. The number of aromatic nitrogens is 3. The molecule has 0 spiro atoms. The molecule has 1 aromatic carbocycles. The van der Waals surface area contributed by atoms with Crippen LogP contribution in [0.1, 0.15) is 18.7 Å². The van der Waals surface area contributed by atoms with Crippen molar-refractivity contribution < 1.29 is 22.4 Å². The Hall–Kier alpha value is -2.88. The molecule has 4 rings (SSSR count). The van der Waals surface area contributed by atoms with Crippen LogP contribution < -0.4 is 10.6 Å². The molecule has 0 bridgehead atoms. The average molecular weight is 379 g/mol. The minimum absolute atomic E-state index is 0.00369. The minimum atomic E-state index is -4.67. The lowest BCUT2D eigenvalue weighted by Crippen LogP contribution is -2.52. The summed E-state index contributed by atoms with van der Waals surface area (Å²) in [4.78, 5) is 16.5. The fraction of sp³-hybridized carbons (Fsp3) is 0.353. The van der Waals surface area contributed by atoms with E-state index in [1.54, 1.807) is 23.1 Å². The molecule has 7 nitrogen and oxygen atoms in total. The zero-order valence-corrected chi connectivity index (χ0v) is 14.1. The number of piperidine rings is 1. The molecule has 1 saturated heterocycles. The number of nitrogens with zero attached hydrogens (tertiary/aromatic N) is 3. The predicted octanol–water partition coefficient (Wildman–Crippen LogP) is 2.76. The number of benzene rings is 1. The second-order valence-electron chi connectivity index (χ2n) is 6.39. The van der Waals surface area contributed by atoms with Crippen molar-refractivity contribution in [2.45, 2.75) is 24.6 Å². The van der Waals surface area contributed by atoms with Gasteiger partial charge in [-0.3, -0.25) is 9.48 Å². The number of anilines is 1. The van der Waals surface area contributed by atoms with Crippen LogP contribution in [0.5, 0.6) is 0 Å². The number of carbonyl (C=O) groups excluding carboxylic acids is 1. The predicted molar refractivity (Wildman–Crippen MR) is 89.9 cm³/mol. The Bertz CT molecular complexity index is 959. The van der Waals surface area contributed by atoms with E-state index in [2.05, 4.69) is 20.7 Å². The summed E-state index contributed by atoms with van der Waals surface area (Å²) in [5.74, 6) is -1.58. The van der Waals surface area contributed by atoms with Gasteiger partial charge in [0.2, 0.25) is 0 Å². The van der Waals surface area contributed by atoms with Gasteiger partial charge in [-0.2, -0.15) is 18.3 Å². The standard InChI is InChI=1S/C17H16F3N5O2/c18-17(19,20)15-24-12-10-11(2-3-13(12)27-15)23-14(26)16(4-7-21-8-5-16)25-9-1-6-22-25/h1-3,6,9-10,21H,4-5,7-8H2,(H,23,26). The van der Waals surface area contributed by atoms with Crippen LogP contribution in [0.25, 0.3) is 11.1 Å². The van der Waals surface area contributed by atoms with Gasteiger partial charge in [-0.15, -0.1) is 0 Å². The van der Waals surface area contributed by atoms with Crippen LogP contribution in [0, 0.1) is 0 Å². The largest absolute Gasteiger partial charge is 0.468 e. The van der Waals surface area contributed by atoms with Gasteiger partial charge in [-0.05, 0) is 50.2 Å². The molecule has 142 valence electrons. The first kappa shape index (κ1) is 17.5. The van der Waals surface area contributed by atoms with Gasteiger partial charge in [0, 0.05) is 18.1 Å². The summed E-state index contributed by atoms with van der Waals surface area (Å²) in [7, 11) is 0. The maximum absolute atomic E-state index is 13.1. The summed E-state index contributed by atoms with van der Waals surface area (Å²) in [6.45, 7) is 1.31. The van der Waals surface area contributed by atoms with Gasteiger partial charge in [0.1, 0.15) is 11.1 Å². The highest BCUT2D eigenvalue weighted by atomic mass is 19.4. The van der Waals surface area contributed by atoms with Crippen molar-refractivity contribution in [3.05, 3.63) is 42.5 Å². The number of hydrogen-bond donors (Lipinski definition) is 2. The van der Waals surface area contributed by atoms with Crippen LogP contribution in [0.15, 0.2) is 41.1 Å². The Kier molecular flexibility index (Phi) is 4.14. The van der Waals surface area contributed by atoms with Gasteiger partial charge in [0.15, 0.2) is 5.58 Å². The average Bonchev–Trinajstić information content (AvgIpc) is 3.31. The van der Waals surface area contributed by atoms with Gasteiger partial charge in [-0.25, -0.2) is 4.98 Å². The zero-order valence-electron chi connectivity index (χ0n) is 14.1. The summed E-state index contributed by atoms with van der Waals surface area (Å²) < 4.78 is 44.6. The van der Waals surface area contributed by atoms with Gasteiger partial charge in [0.05, 0.1) is 0 Å². The number of carbonyl (C=O) groups is 1. The molecular formula is C17H16F3N5O2. The summed E-state index contributed by atoms with van der Waals surface area (Å²) in [5.41, 5.74) is -0.480. The number of hydrogen-bond acceptors (Lipinski definition) is 5. The third-order valence-corrected chi connectivity index (χ3v) is 4.68. The molecule has 3 heterocycles. The molecule has 0 aliphatic carbocycles. The summed E-state index contributed by atoms with van der Waals surface area (Å²) in [6.07, 6.45) is -0.226. The molecule has 1 fully saturated rings. The molecular weight excluding hydrogens is 363 g/mol. The second kappa shape index (κ2) is 6.38. The van der Waals surface area contributed by atoms with Gasteiger partial charge in [0.25, 0.3) is 5.91 Å². The van der Waals surface area contributed by atoms with Crippen LogP contribution in [-0.4, -0.2) is 33.8 Å². The second-order valence-corrected chi connectivity index (χ2v) is 6.39. The molecule has 1 aliphatic rings. The van der Waals surface area contributed by atoms with E-state index in [9.17, 15) is 18.0 Å². The molecule has 2 N–H and O–H groups in total. The molecule has 1 amide bonds. The van der Waals surface area contributed by atoms with Crippen molar-refractivity contribution in [2.75, 3.05) is 18.4 Å². The lowest BCUT2D eigenvalue weighted by molar-refractivity contribution is -0.156. The fourth-order valence-electron chi connectivity index (χ4n) is 3.30. The van der Waals surface area contributed by atoms with Gasteiger partial charge in [-0.1, -0.05) is 0 Å². The van der Waals surface area contributed by atoms with E-state index < -0.39 is 17.6 Å². The zero-order chi connectivity index (χ0) is 19.1. The van der Waals surface area contributed by atoms with Crippen LogP contribution in [0.4, 0.5) is 18.9 Å². The van der Waals surface area contributed by atoms with E-state index in [0.717, 1.165) is 0 Å². The van der Waals surface area contributed by atoms with Crippen molar-refractivity contribution in [1.82, 2.24) is 20.1 Å². The minimum Gasteiger partial charge on any atom is -0.433 e. The first-order valence-electron chi connectivity index (χ1n) is 8.39. The number of rotatable bonds is 3. The third kappa shape index (κ3) is 3.16. The third-order valence-electron chi connectivity index (χ3n) is 4.68. The number of fused-ring (bicyclic) bond motifs is 1. The Morgan fingerprint density at radius 2 is 2.07 bits per heavy atom. The monoisotopic (exact) mass is 379 g/mol.